The second-order valence-corrected chi connectivity index (χ2v) is 5.11. The molecule has 1 aliphatic carbocycles. The Bertz CT molecular complexity index is 439. The SMILES string of the molecule is NCC1(c2cc(C(F)(F)F)cnc2Cl)CCCC1. The molecule has 0 radical (unpaired) electrons. The van der Waals surface area contributed by atoms with Crippen LogP contribution >= 0.6 is 11.6 Å². The Balaban J connectivity index is 2.49. The van der Waals surface area contributed by atoms with E-state index >= 15 is 0 Å². The van der Waals surface area contributed by atoms with Crippen molar-refractivity contribution in [3.05, 3.63) is 28.5 Å². The van der Waals surface area contributed by atoms with Crippen LogP contribution in [0.4, 0.5) is 13.2 Å². The van der Waals surface area contributed by atoms with Crippen molar-refractivity contribution in [1.82, 2.24) is 4.98 Å². The molecule has 0 aliphatic heterocycles. The molecular weight excluding hydrogens is 265 g/mol. The summed E-state index contributed by atoms with van der Waals surface area (Å²) < 4.78 is 38.1. The molecule has 1 aliphatic rings. The molecule has 2 nitrogen and oxygen atoms in total. The summed E-state index contributed by atoms with van der Waals surface area (Å²) in [5.74, 6) is 0. The van der Waals surface area contributed by atoms with E-state index < -0.39 is 17.2 Å². The Labute approximate surface area is 108 Å². The van der Waals surface area contributed by atoms with Crippen molar-refractivity contribution in [2.24, 2.45) is 5.73 Å². The summed E-state index contributed by atoms with van der Waals surface area (Å²) in [5, 5.41) is 0.135. The summed E-state index contributed by atoms with van der Waals surface area (Å²) >= 11 is 5.96. The van der Waals surface area contributed by atoms with Crippen molar-refractivity contribution in [2.75, 3.05) is 6.54 Å². The lowest BCUT2D eigenvalue weighted by molar-refractivity contribution is -0.137. The number of hydrogen-bond acceptors (Lipinski definition) is 2. The molecule has 0 bridgehead atoms. The first-order chi connectivity index (χ1) is 8.39. The quantitative estimate of drug-likeness (QED) is 0.841. The van der Waals surface area contributed by atoms with Crippen molar-refractivity contribution in [3.63, 3.8) is 0 Å². The zero-order valence-electron chi connectivity index (χ0n) is 9.73. The van der Waals surface area contributed by atoms with Crippen LogP contribution in [0.2, 0.25) is 5.15 Å². The number of pyridine rings is 1. The van der Waals surface area contributed by atoms with E-state index in [4.69, 9.17) is 17.3 Å². The lowest BCUT2D eigenvalue weighted by atomic mass is 9.79. The number of alkyl halides is 3. The van der Waals surface area contributed by atoms with E-state index in [1.807, 2.05) is 0 Å². The second-order valence-electron chi connectivity index (χ2n) is 4.75. The van der Waals surface area contributed by atoms with Crippen molar-refractivity contribution in [2.45, 2.75) is 37.3 Å². The van der Waals surface area contributed by atoms with E-state index in [2.05, 4.69) is 4.98 Å². The minimum atomic E-state index is -4.40. The Kier molecular flexibility index (Phi) is 3.56. The molecule has 1 fully saturated rings. The fourth-order valence-corrected chi connectivity index (χ4v) is 2.91. The molecule has 18 heavy (non-hydrogen) atoms. The normalized spacial score (nSPS) is 19.2. The van der Waals surface area contributed by atoms with Gasteiger partial charge in [0.15, 0.2) is 0 Å². The van der Waals surface area contributed by atoms with Crippen LogP contribution in [0.25, 0.3) is 0 Å². The van der Waals surface area contributed by atoms with Crippen LogP contribution in [0.3, 0.4) is 0 Å². The molecule has 0 unspecified atom stereocenters. The Morgan fingerprint density at radius 2 is 1.94 bits per heavy atom. The van der Waals surface area contributed by atoms with Gasteiger partial charge < -0.3 is 5.73 Å². The molecule has 0 spiro atoms. The highest BCUT2D eigenvalue weighted by molar-refractivity contribution is 6.30. The Morgan fingerprint density at radius 3 is 2.44 bits per heavy atom. The van der Waals surface area contributed by atoms with Gasteiger partial charge in [-0.05, 0) is 24.5 Å². The number of aromatic nitrogens is 1. The first kappa shape index (κ1) is 13.6. The maximum absolute atomic E-state index is 12.7. The topological polar surface area (TPSA) is 38.9 Å². The highest BCUT2D eigenvalue weighted by atomic mass is 35.5. The predicted molar refractivity (Wildman–Crippen MR) is 63.4 cm³/mol. The highest BCUT2D eigenvalue weighted by Gasteiger charge is 2.39. The molecule has 6 heteroatoms. The van der Waals surface area contributed by atoms with Crippen molar-refractivity contribution in [1.29, 1.82) is 0 Å². The fourth-order valence-electron chi connectivity index (χ4n) is 2.61. The minimum absolute atomic E-state index is 0.135. The standard InChI is InChI=1S/C12H14ClF3N2/c13-10-9(11(7-17)3-1-2-4-11)5-8(6-18-10)12(14,15)16/h5-6H,1-4,7,17H2. The summed E-state index contributed by atoms with van der Waals surface area (Å²) in [4.78, 5) is 3.67. The molecule has 1 saturated carbocycles. The average Bonchev–Trinajstić information content (AvgIpc) is 2.77. The van der Waals surface area contributed by atoms with Crippen molar-refractivity contribution in [3.8, 4) is 0 Å². The summed E-state index contributed by atoms with van der Waals surface area (Å²) in [6.07, 6.45) is -0.169. The van der Waals surface area contributed by atoms with Crippen LogP contribution in [0.15, 0.2) is 12.3 Å². The van der Waals surface area contributed by atoms with Gasteiger partial charge in [0.2, 0.25) is 0 Å². The van der Waals surface area contributed by atoms with Gasteiger partial charge in [-0.3, -0.25) is 0 Å². The molecule has 1 aromatic rings. The van der Waals surface area contributed by atoms with E-state index in [9.17, 15) is 13.2 Å². The molecule has 2 N–H and O–H groups in total. The Hall–Kier alpha value is -0.810. The van der Waals surface area contributed by atoms with Crippen LogP contribution in [0.5, 0.6) is 0 Å². The zero-order valence-corrected chi connectivity index (χ0v) is 10.5. The summed E-state index contributed by atoms with van der Waals surface area (Å²) in [6, 6.07) is 1.10. The van der Waals surface area contributed by atoms with Crippen LogP contribution in [-0.2, 0) is 11.6 Å². The largest absolute Gasteiger partial charge is 0.417 e. The van der Waals surface area contributed by atoms with Crippen LogP contribution in [-0.4, -0.2) is 11.5 Å². The Morgan fingerprint density at radius 1 is 1.33 bits per heavy atom. The molecule has 1 heterocycles. The molecular formula is C12H14ClF3N2. The van der Waals surface area contributed by atoms with E-state index in [0.717, 1.165) is 37.9 Å². The number of halogens is 4. The minimum Gasteiger partial charge on any atom is -0.330 e. The van der Waals surface area contributed by atoms with E-state index in [1.54, 1.807) is 0 Å². The lowest BCUT2D eigenvalue weighted by Crippen LogP contribution is -2.33. The predicted octanol–water partition coefficient (Wildman–Crippen LogP) is 3.52. The van der Waals surface area contributed by atoms with Gasteiger partial charge in [-0.1, -0.05) is 24.4 Å². The third kappa shape index (κ3) is 2.34. The fraction of sp³-hybridized carbons (Fsp3) is 0.583. The highest BCUT2D eigenvalue weighted by Crippen LogP contribution is 2.44. The van der Waals surface area contributed by atoms with Crippen LogP contribution < -0.4 is 5.73 Å². The third-order valence-corrected chi connectivity index (χ3v) is 3.99. The summed E-state index contributed by atoms with van der Waals surface area (Å²) in [6.45, 7) is 0.301. The van der Waals surface area contributed by atoms with Crippen LogP contribution in [0, 0.1) is 0 Å². The second kappa shape index (κ2) is 4.70. The van der Waals surface area contributed by atoms with Gasteiger partial charge in [0.1, 0.15) is 5.15 Å². The summed E-state index contributed by atoms with van der Waals surface area (Å²) in [5.41, 5.74) is 5.00. The van der Waals surface area contributed by atoms with Gasteiger partial charge >= 0.3 is 6.18 Å². The van der Waals surface area contributed by atoms with Gasteiger partial charge in [-0.2, -0.15) is 13.2 Å². The first-order valence-electron chi connectivity index (χ1n) is 5.82. The van der Waals surface area contributed by atoms with Crippen molar-refractivity contribution < 1.29 is 13.2 Å². The molecule has 0 saturated heterocycles. The summed E-state index contributed by atoms with van der Waals surface area (Å²) in [7, 11) is 0. The average molecular weight is 279 g/mol. The van der Waals surface area contributed by atoms with Gasteiger partial charge in [0.05, 0.1) is 5.56 Å². The van der Waals surface area contributed by atoms with Gasteiger partial charge in [-0.25, -0.2) is 4.98 Å². The van der Waals surface area contributed by atoms with Gasteiger partial charge in [0.25, 0.3) is 0 Å². The van der Waals surface area contributed by atoms with Crippen molar-refractivity contribution >= 4 is 11.6 Å². The maximum Gasteiger partial charge on any atom is 0.417 e. The molecule has 0 atom stereocenters. The van der Waals surface area contributed by atoms with E-state index in [0.29, 0.717) is 12.1 Å². The van der Waals surface area contributed by atoms with E-state index in [-0.39, 0.29) is 5.15 Å². The smallest absolute Gasteiger partial charge is 0.330 e. The molecule has 100 valence electrons. The zero-order chi connectivity index (χ0) is 13.4. The van der Waals surface area contributed by atoms with E-state index in [1.165, 1.54) is 0 Å². The lowest BCUT2D eigenvalue weighted by Gasteiger charge is -2.29. The first-order valence-corrected chi connectivity index (χ1v) is 6.20. The third-order valence-electron chi connectivity index (χ3n) is 3.69. The van der Waals surface area contributed by atoms with Gasteiger partial charge in [0, 0.05) is 18.2 Å². The molecule has 0 amide bonds. The monoisotopic (exact) mass is 278 g/mol. The molecule has 0 aromatic carbocycles. The van der Waals surface area contributed by atoms with Gasteiger partial charge in [-0.15, -0.1) is 0 Å². The maximum atomic E-state index is 12.7. The molecule has 2 rings (SSSR count). The number of nitrogens with zero attached hydrogens (tertiary/aromatic N) is 1. The van der Waals surface area contributed by atoms with Crippen LogP contribution in [0.1, 0.15) is 36.8 Å². The number of nitrogens with two attached hydrogens (primary N) is 1. The number of hydrogen-bond donors (Lipinski definition) is 1. The molecule has 1 aromatic heterocycles. The number of rotatable bonds is 2.